The maximum atomic E-state index is 13.4. The third-order valence-electron chi connectivity index (χ3n) is 6.57. The van der Waals surface area contributed by atoms with Gasteiger partial charge in [-0.2, -0.15) is 0 Å². The summed E-state index contributed by atoms with van der Waals surface area (Å²) in [5.74, 6) is 1.29. The molecule has 1 aliphatic heterocycles. The maximum Gasteiger partial charge on any atom is 0.255 e. The summed E-state index contributed by atoms with van der Waals surface area (Å²) in [6, 6.07) is 9.04. The second kappa shape index (κ2) is 9.97. The molecule has 182 valence electrons. The van der Waals surface area contributed by atoms with E-state index in [4.69, 9.17) is 28.9 Å². The van der Waals surface area contributed by atoms with Gasteiger partial charge in [-0.15, -0.1) is 0 Å². The number of amides is 1. The number of nitrogens with two attached hydrogens (primary N) is 1. The highest BCUT2D eigenvalue weighted by molar-refractivity contribution is 6.35. The Morgan fingerprint density at radius 2 is 2.09 bits per heavy atom. The number of carbonyl (C=O) groups excluding carboxylic acids is 1. The largest absolute Gasteiger partial charge is 0.360 e. The minimum Gasteiger partial charge on any atom is -0.360 e. The third kappa shape index (κ3) is 4.78. The Balaban J connectivity index is 1.43. The van der Waals surface area contributed by atoms with Crippen LogP contribution in [0.4, 0.5) is 5.82 Å². The zero-order chi connectivity index (χ0) is 24.5. The van der Waals surface area contributed by atoms with E-state index in [1.807, 2.05) is 30.0 Å². The minimum absolute atomic E-state index is 0.0718. The molecule has 2 aromatic heterocycles. The number of hydrogen-bond donors (Lipinski definition) is 3. The molecule has 1 saturated heterocycles. The second-order valence-electron chi connectivity index (χ2n) is 8.95. The number of imidazole rings is 1. The van der Waals surface area contributed by atoms with E-state index in [2.05, 4.69) is 25.3 Å². The number of aromatic nitrogens is 4. The number of fused-ring (bicyclic) bond motifs is 2. The van der Waals surface area contributed by atoms with Crippen molar-refractivity contribution >= 4 is 56.9 Å². The fraction of sp³-hybridized carbons (Fsp3) is 0.360. The fourth-order valence-electron chi connectivity index (χ4n) is 4.75. The summed E-state index contributed by atoms with van der Waals surface area (Å²) in [6.45, 7) is 3.26. The SMILES string of the molecule is C[C@H](Nc1ncnc2cc(C(=O)N3CCCC[C@H]3CCN)c(Cl)cc12)c1nc2cc(Cl)ccc2[nH]1. The molecular weight excluding hydrogens is 485 g/mol. The smallest absolute Gasteiger partial charge is 0.255 e. The Bertz CT molecular complexity index is 1390. The molecule has 0 spiro atoms. The van der Waals surface area contributed by atoms with Crippen LogP contribution in [0.15, 0.2) is 36.7 Å². The Morgan fingerprint density at radius 3 is 2.91 bits per heavy atom. The summed E-state index contributed by atoms with van der Waals surface area (Å²) < 4.78 is 0. The van der Waals surface area contributed by atoms with Gasteiger partial charge in [-0.05, 0) is 69.5 Å². The van der Waals surface area contributed by atoms with Gasteiger partial charge in [-0.1, -0.05) is 23.2 Å². The first kappa shape index (κ1) is 23.8. The molecule has 1 aliphatic rings. The van der Waals surface area contributed by atoms with E-state index in [9.17, 15) is 4.79 Å². The third-order valence-corrected chi connectivity index (χ3v) is 7.12. The molecule has 3 heterocycles. The van der Waals surface area contributed by atoms with Gasteiger partial charge in [0.05, 0.1) is 33.2 Å². The zero-order valence-corrected chi connectivity index (χ0v) is 20.9. The summed E-state index contributed by atoms with van der Waals surface area (Å²) in [6.07, 6.45) is 5.34. The summed E-state index contributed by atoms with van der Waals surface area (Å²) >= 11 is 12.7. The Morgan fingerprint density at radius 1 is 1.23 bits per heavy atom. The first-order valence-electron chi connectivity index (χ1n) is 11.8. The summed E-state index contributed by atoms with van der Waals surface area (Å²) in [5, 5.41) is 5.14. The molecule has 0 saturated carbocycles. The van der Waals surface area contributed by atoms with Crippen LogP contribution >= 0.6 is 23.2 Å². The number of benzene rings is 2. The van der Waals surface area contributed by atoms with Crippen molar-refractivity contribution < 1.29 is 4.79 Å². The number of hydrogen-bond acceptors (Lipinski definition) is 6. The second-order valence-corrected chi connectivity index (χ2v) is 9.79. The van der Waals surface area contributed by atoms with Crippen LogP contribution in [0.1, 0.15) is 54.8 Å². The van der Waals surface area contributed by atoms with Gasteiger partial charge in [-0.25, -0.2) is 15.0 Å². The van der Waals surface area contributed by atoms with Crippen LogP contribution in [0.5, 0.6) is 0 Å². The molecule has 0 bridgehead atoms. The van der Waals surface area contributed by atoms with E-state index >= 15 is 0 Å². The highest BCUT2D eigenvalue weighted by atomic mass is 35.5. The minimum atomic E-state index is -0.176. The van der Waals surface area contributed by atoms with Crippen LogP contribution < -0.4 is 11.1 Å². The molecular formula is C25H27Cl2N7O. The molecule has 4 N–H and O–H groups in total. The lowest BCUT2D eigenvalue weighted by atomic mass is 9.98. The van der Waals surface area contributed by atoms with Gasteiger partial charge in [-0.3, -0.25) is 4.79 Å². The average Bonchev–Trinajstić information content (AvgIpc) is 3.28. The van der Waals surface area contributed by atoms with Gasteiger partial charge >= 0.3 is 0 Å². The van der Waals surface area contributed by atoms with Crippen molar-refractivity contribution in [1.82, 2.24) is 24.8 Å². The van der Waals surface area contributed by atoms with Crippen molar-refractivity contribution in [3.8, 4) is 0 Å². The first-order chi connectivity index (χ1) is 16.9. The number of H-pyrrole nitrogens is 1. The van der Waals surface area contributed by atoms with Crippen molar-refractivity contribution in [3.63, 3.8) is 0 Å². The molecule has 2 atom stereocenters. The number of halogens is 2. The highest BCUT2D eigenvalue weighted by Gasteiger charge is 2.28. The normalized spacial score (nSPS) is 17.1. The summed E-state index contributed by atoms with van der Waals surface area (Å²) in [4.78, 5) is 32.1. The maximum absolute atomic E-state index is 13.4. The predicted octanol–water partition coefficient (Wildman–Crippen LogP) is 5.33. The lowest BCUT2D eigenvalue weighted by Gasteiger charge is -2.36. The van der Waals surface area contributed by atoms with Crippen molar-refractivity contribution in [2.24, 2.45) is 5.73 Å². The van der Waals surface area contributed by atoms with E-state index in [-0.39, 0.29) is 18.0 Å². The zero-order valence-electron chi connectivity index (χ0n) is 19.4. The number of anilines is 1. The molecule has 0 unspecified atom stereocenters. The van der Waals surface area contributed by atoms with Crippen LogP contribution in [-0.2, 0) is 0 Å². The molecule has 5 rings (SSSR count). The first-order valence-corrected chi connectivity index (χ1v) is 12.6. The number of nitrogens with zero attached hydrogens (tertiary/aromatic N) is 4. The lowest BCUT2D eigenvalue weighted by molar-refractivity contribution is 0.0605. The van der Waals surface area contributed by atoms with Gasteiger partial charge < -0.3 is 20.9 Å². The molecule has 0 aliphatic carbocycles. The van der Waals surface area contributed by atoms with Crippen LogP contribution in [0, 0.1) is 0 Å². The standard InChI is InChI=1S/C25H27Cl2N7O/c1-14(23-32-20-6-5-15(26)10-22(20)33-23)31-24-18-11-19(27)17(12-21(18)29-13-30-24)25(35)34-9-3-2-4-16(34)7-8-28/h5-6,10-14,16H,2-4,7-9,28H2,1H3,(H,32,33)(H,29,30,31)/t14-,16-/m0/s1. The van der Waals surface area contributed by atoms with Gasteiger partial charge in [0.1, 0.15) is 18.0 Å². The van der Waals surface area contributed by atoms with Crippen molar-refractivity contribution in [3.05, 3.63) is 58.1 Å². The molecule has 1 fully saturated rings. The summed E-state index contributed by atoms with van der Waals surface area (Å²) in [7, 11) is 0. The number of piperidine rings is 1. The Hall–Kier alpha value is -2.94. The van der Waals surface area contributed by atoms with E-state index < -0.39 is 0 Å². The number of carbonyl (C=O) groups is 1. The number of rotatable bonds is 6. The lowest BCUT2D eigenvalue weighted by Crippen LogP contribution is -2.44. The quantitative estimate of drug-likeness (QED) is 0.322. The Labute approximate surface area is 213 Å². The molecule has 4 aromatic rings. The topological polar surface area (TPSA) is 113 Å². The van der Waals surface area contributed by atoms with Gasteiger partial charge in [0.25, 0.3) is 5.91 Å². The van der Waals surface area contributed by atoms with E-state index in [1.165, 1.54) is 6.33 Å². The number of aromatic amines is 1. The number of likely N-dealkylation sites (tertiary alicyclic amines) is 1. The molecule has 8 nitrogen and oxygen atoms in total. The summed E-state index contributed by atoms with van der Waals surface area (Å²) in [5.41, 5.74) is 8.59. The van der Waals surface area contributed by atoms with Gasteiger partial charge in [0, 0.05) is 23.0 Å². The van der Waals surface area contributed by atoms with Crippen LogP contribution in [-0.4, -0.2) is 49.9 Å². The van der Waals surface area contributed by atoms with Crippen LogP contribution in [0.2, 0.25) is 10.0 Å². The predicted molar refractivity (Wildman–Crippen MR) is 140 cm³/mol. The molecule has 35 heavy (non-hydrogen) atoms. The van der Waals surface area contributed by atoms with Gasteiger partial charge in [0.15, 0.2) is 0 Å². The monoisotopic (exact) mass is 511 g/mol. The Kier molecular flexibility index (Phi) is 6.77. The van der Waals surface area contributed by atoms with Crippen LogP contribution in [0.25, 0.3) is 21.9 Å². The fourth-order valence-corrected chi connectivity index (χ4v) is 5.16. The molecule has 2 aromatic carbocycles. The molecule has 0 radical (unpaired) electrons. The van der Waals surface area contributed by atoms with Crippen molar-refractivity contribution in [1.29, 1.82) is 0 Å². The van der Waals surface area contributed by atoms with E-state index in [1.54, 1.807) is 12.1 Å². The van der Waals surface area contributed by atoms with E-state index in [0.717, 1.165) is 47.9 Å². The number of nitrogens with one attached hydrogen (secondary N) is 2. The van der Waals surface area contributed by atoms with Crippen molar-refractivity contribution in [2.75, 3.05) is 18.4 Å². The van der Waals surface area contributed by atoms with Gasteiger partial charge in [0.2, 0.25) is 0 Å². The molecule has 1 amide bonds. The van der Waals surface area contributed by atoms with Crippen molar-refractivity contribution in [2.45, 2.75) is 44.7 Å². The molecule has 10 heteroatoms. The average molecular weight is 512 g/mol. The highest BCUT2D eigenvalue weighted by Crippen LogP contribution is 2.31. The van der Waals surface area contributed by atoms with Crippen LogP contribution in [0.3, 0.4) is 0 Å². The van der Waals surface area contributed by atoms with E-state index in [0.29, 0.717) is 40.0 Å².